The highest BCUT2D eigenvalue weighted by atomic mass is 35.5. The third kappa shape index (κ3) is 3.01. The standard InChI is InChI=1S/C18H15ClN2O4/c19-12-7-5-11(6-8-12)15(22)9-18(25)13-3-1-2-4-14(13)21(17(18)24)10-16(20)23/h1-8,25H,9-10H2,(H2,20,23). The number of Topliss-reactive ketones (excluding diaryl/α,β-unsaturated/α-hetero) is 1. The summed E-state index contributed by atoms with van der Waals surface area (Å²) in [4.78, 5) is 37.6. The van der Waals surface area contributed by atoms with E-state index in [1.165, 1.54) is 12.1 Å². The van der Waals surface area contributed by atoms with Crippen LogP contribution in [0.1, 0.15) is 22.3 Å². The molecule has 0 aromatic heterocycles. The molecule has 0 bridgehead atoms. The van der Waals surface area contributed by atoms with Crippen LogP contribution in [-0.4, -0.2) is 29.2 Å². The van der Waals surface area contributed by atoms with Crippen molar-refractivity contribution >= 4 is 34.9 Å². The van der Waals surface area contributed by atoms with Gasteiger partial charge in [-0.25, -0.2) is 0 Å². The summed E-state index contributed by atoms with van der Waals surface area (Å²) in [5, 5.41) is 11.5. The molecule has 0 spiro atoms. The molecule has 1 atom stereocenters. The Morgan fingerprint density at radius 2 is 1.76 bits per heavy atom. The van der Waals surface area contributed by atoms with Crippen molar-refractivity contribution in [1.82, 2.24) is 0 Å². The lowest BCUT2D eigenvalue weighted by Crippen LogP contribution is -2.44. The van der Waals surface area contributed by atoms with Gasteiger partial charge in [0.2, 0.25) is 5.91 Å². The van der Waals surface area contributed by atoms with E-state index < -0.39 is 29.6 Å². The number of nitrogens with two attached hydrogens (primary N) is 1. The molecule has 1 heterocycles. The molecule has 0 aliphatic carbocycles. The lowest BCUT2D eigenvalue weighted by Gasteiger charge is -2.22. The van der Waals surface area contributed by atoms with Gasteiger partial charge < -0.3 is 10.8 Å². The Hall–Kier alpha value is -2.70. The molecule has 0 saturated heterocycles. The summed E-state index contributed by atoms with van der Waals surface area (Å²) in [6.45, 7) is -0.368. The summed E-state index contributed by atoms with van der Waals surface area (Å²) in [5.74, 6) is -1.87. The van der Waals surface area contributed by atoms with E-state index in [1.54, 1.807) is 36.4 Å². The smallest absolute Gasteiger partial charge is 0.264 e. The summed E-state index contributed by atoms with van der Waals surface area (Å²) in [5.41, 5.74) is 4.14. The first-order valence-electron chi connectivity index (χ1n) is 7.54. The second kappa shape index (κ2) is 6.31. The van der Waals surface area contributed by atoms with Crippen LogP contribution in [0.3, 0.4) is 0 Å². The first-order chi connectivity index (χ1) is 11.8. The SMILES string of the molecule is NC(=O)CN1C(=O)C(O)(CC(=O)c2ccc(Cl)cc2)c2ccccc21. The molecule has 1 aliphatic rings. The maximum absolute atomic E-state index is 12.7. The molecule has 1 aliphatic heterocycles. The third-order valence-electron chi connectivity index (χ3n) is 4.14. The number of hydrogen-bond donors (Lipinski definition) is 2. The van der Waals surface area contributed by atoms with Gasteiger partial charge >= 0.3 is 0 Å². The molecular formula is C18H15ClN2O4. The Labute approximate surface area is 148 Å². The van der Waals surface area contributed by atoms with E-state index in [0.29, 0.717) is 16.3 Å². The predicted octanol–water partition coefficient (Wildman–Crippen LogP) is 1.63. The van der Waals surface area contributed by atoms with Crippen LogP contribution in [0.15, 0.2) is 48.5 Å². The van der Waals surface area contributed by atoms with Crippen molar-refractivity contribution in [3.63, 3.8) is 0 Å². The number of anilines is 1. The average Bonchev–Trinajstić information content (AvgIpc) is 2.77. The number of nitrogens with zero attached hydrogens (tertiary/aromatic N) is 1. The van der Waals surface area contributed by atoms with E-state index in [2.05, 4.69) is 0 Å². The molecule has 2 amide bonds. The number of benzene rings is 2. The van der Waals surface area contributed by atoms with E-state index in [0.717, 1.165) is 4.90 Å². The number of hydrogen-bond acceptors (Lipinski definition) is 4. The third-order valence-corrected chi connectivity index (χ3v) is 4.39. The number of carbonyl (C=O) groups excluding carboxylic acids is 3. The van der Waals surface area contributed by atoms with Crippen LogP contribution in [0.5, 0.6) is 0 Å². The van der Waals surface area contributed by atoms with E-state index >= 15 is 0 Å². The van der Waals surface area contributed by atoms with Crippen molar-refractivity contribution in [3.05, 3.63) is 64.7 Å². The molecule has 3 rings (SSSR count). The molecule has 2 aromatic carbocycles. The second-order valence-corrected chi connectivity index (χ2v) is 6.28. The molecule has 7 heteroatoms. The summed E-state index contributed by atoms with van der Waals surface area (Å²) in [6, 6.07) is 12.7. The van der Waals surface area contributed by atoms with Gasteiger partial charge in [-0.3, -0.25) is 19.3 Å². The number of fused-ring (bicyclic) bond motifs is 1. The molecule has 128 valence electrons. The van der Waals surface area contributed by atoms with Gasteiger partial charge in [0, 0.05) is 16.1 Å². The van der Waals surface area contributed by atoms with Gasteiger partial charge in [-0.05, 0) is 30.3 Å². The molecule has 0 radical (unpaired) electrons. The first kappa shape index (κ1) is 17.1. The van der Waals surface area contributed by atoms with Crippen LogP contribution >= 0.6 is 11.6 Å². The van der Waals surface area contributed by atoms with Gasteiger partial charge in [-0.15, -0.1) is 0 Å². The minimum absolute atomic E-state index is 0.281. The normalized spacial score (nSPS) is 19.0. The van der Waals surface area contributed by atoms with Crippen LogP contribution < -0.4 is 10.6 Å². The summed E-state index contributed by atoms with van der Waals surface area (Å²) < 4.78 is 0. The van der Waals surface area contributed by atoms with Gasteiger partial charge in [0.1, 0.15) is 6.54 Å². The Kier molecular flexibility index (Phi) is 4.32. The van der Waals surface area contributed by atoms with Crippen molar-refractivity contribution in [2.75, 3.05) is 11.4 Å². The van der Waals surface area contributed by atoms with Crippen LogP contribution in [0.2, 0.25) is 5.02 Å². The van der Waals surface area contributed by atoms with Gasteiger partial charge in [-0.2, -0.15) is 0 Å². The van der Waals surface area contributed by atoms with Crippen molar-refractivity contribution < 1.29 is 19.5 Å². The Bertz CT molecular complexity index is 866. The lowest BCUT2D eigenvalue weighted by atomic mass is 9.88. The van der Waals surface area contributed by atoms with Gasteiger partial charge in [0.05, 0.1) is 12.1 Å². The van der Waals surface area contributed by atoms with Gasteiger partial charge in [-0.1, -0.05) is 29.8 Å². The number of carbonyl (C=O) groups is 3. The molecule has 25 heavy (non-hydrogen) atoms. The number of rotatable bonds is 5. The van der Waals surface area contributed by atoms with Gasteiger partial charge in [0.25, 0.3) is 5.91 Å². The molecular weight excluding hydrogens is 344 g/mol. The van der Waals surface area contributed by atoms with E-state index in [4.69, 9.17) is 17.3 Å². The monoisotopic (exact) mass is 358 g/mol. The second-order valence-electron chi connectivity index (χ2n) is 5.84. The average molecular weight is 359 g/mol. The fourth-order valence-electron chi connectivity index (χ4n) is 2.96. The summed E-state index contributed by atoms with van der Waals surface area (Å²) in [6.07, 6.45) is -0.445. The van der Waals surface area contributed by atoms with E-state index in [9.17, 15) is 19.5 Å². The number of primary amides is 1. The highest BCUT2D eigenvalue weighted by molar-refractivity contribution is 6.30. The van der Waals surface area contributed by atoms with Crippen LogP contribution in [0.4, 0.5) is 5.69 Å². The Morgan fingerprint density at radius 1 is 1.12 bits per heavy atom. The minimum Gasteiger partial charge on any atom is -0.375 e. The highest BCUT2D eigenvalue weighted by Crippen LogP contribution is 2.42. The quantitative estimate of drug-likeness (QED) is 0.793. The summed E-state index contributed by atoms with van der Waals surface area (Å²) >= 11 is 5.81. The molecule has 6 nitrogen and oxygen atoms in total. The largest absolute Gasteiger partial charge is 0.375 e. The molecule has 2 aromatic rings. The van der Waals surface area contributed by atoms with Crippen LogP contribution in [-0.2, 0) is 15.2 Å². The van der Waals surface area contributed by atoms with Crippen molar-refractivity contribution in [2.45, 2.75) is 12.0 Å². The minimum atomic E-state index is -2.04. The zero-order valence-electron chi connectivity index (χ0n) is 13.1. The van der Waals surface area contributed by atoms with Crippen LogP contribution in [0, 0.1) is 0 Å². The first-order valence-corrected chi connectivity index (χ1v) is 7.91. The highest BCUT2D eigenvalue weighted by Gasteiger charge is 2.51. The fourth-order valence-corrected chi connectivity index (χ4v) is 3.09. The zero-order valence-corrected chi connectivity index (χ0v) is 13.9. The maximum atomic E-state index is 12.7. The lowest BCUT2D eigenvalue weighted by molar-refractivity contribution is -0.136. The summed E-state index contributed by atoms with van der Waals surface area (Å²) in [7, 11) is 0. The number of amides is 2. The number of ketones is 1. The Balaban J connectivity index is 1.96. The maximum Gasteiger partial charge on any atom is 0.264 e. The molecule has 0 fully saturated rings. The molecule has 3 N–H and O–H groups in total. The molecule has 0 saturated carbocycles. The van der Waals surface area contributed by atoms with E-state index in [1.807, 2.05) is 0 Å². The zero-order chi connectivity index (χ0) is 18.2. The van der Waals surface area contributed by atoms with Crippen molar-refractivity contribution in [1.29, 1.82) is 0 Å². The van der Waals surface area contributed by atoms with E-state index in [-0.39, 0.29) is 12.1 Å². The van der Waals surface area contributed by atoms with Crippen molar-refractivity contribution in [2.24, 2.45) is 5.73 Å². The topological polar surface area (TPSA) is 101 Å². The van der Waals surface area contributed by atoms with Crippen molar-refractivity contribution in [3.8, 4) is 0 Å². The predicted molar refractivity (Wildman–Crippen MR) is 92.3 cm³/mol. The number of aliphatic hydroxyl groups is 1. The fraction of sp³-hybridized carbons (Fsp3) is 0.167. The Morgan fingerprint density at radius 3 is 2.40 bits per heavy atom. The number of para-hydroxylation sites is 1. The number of halogens is 1. The van der Waals surface area contributed by atoms with Gasteiger partial charge in [0.15, 0.2) is 11.4 Å². The molecule has 1 unspecified atom stereocenters. The van der Waals surface area contributed by atoms with Crippen LogP contribution in [0.25, 0.3) is 0 Å².